The van der Waals surface area contributed by atoms with Crippen molar-refractivity contribution in [3.8, 4) is 0 Å². The molecule has 5 heteroatoms. The minimum atomic E-state index is -3.56. The molecule has 1 aliphatic rings. The second-order valence-corrected chi connectivity index (χ2v) is 6.79. The molecule has 0 radical (unpaired) electrons. The van der Waals surface area contributed by atoms with Crippen molar-refractivity contribution in [3.63, 3.8) is 0 Å². The molecular weight excluding hydrogens is 284 g/mol. The topological polar surface area (TPSA) is 58.2 Å². The van der Waals surface area contributed by atoms with Gasteiger partial charge in [0.2, 0.25) is 0 Å². The van der Waals surface area contributed by atoms with Crippen molar-refractivity contribution in [1.29, 1.82) is 0 Å². The predicted octanol–water partition coefficient (Wildman–Crippen LogP) is 3.02. The number of rotatable bonds is 4. The van der Waals surface area contributed by atoms with Gasteiger partial charge in [0.15, 0.2) is 0 Å². The Morgan fingerprint density at radius 2 is 2.00 bits per heavy atom. The van der Waals surface area contributed by atoms with E-state index in [1.165, 1.54) is 5.56 Å². The minimum Gasteiger partial charge on any atom is -0.384 e. The lowest BCUT2D eigenvalue weighted by atomic mass is 10.1. The minimum absolute atomic E-state index is 0.293. The molecule has 0 aromatic heterocycles. The third-order valence-electron chi connectivity index (χ3n) is 3.74. The first-order chi connectivity index (χ1) is 10.1. The van der Waals surface area contributed by atoms with Crippen LogP contribution >= 0.6 is 0 Å². The molecule has 0 fully saturated rings. The fourth-order valence-electron chi connectivity index (χ4n) is 2.57. The Kier molecular flexibility index (Phi) is 3.59. The number of hydrogen-bond donors (Lipinski definition) is 2. The number of benzene rings is 2. The lowest BCUT2D eigenvalue weighted by Crippen LogP contribution is -2.14. The third kappa shape index (κ3) is 2.74. The average molecular weight is 302 g/mol. The number of sulfonamides is 1. The number of para-hydroxylation sites is 1. The molecule has 0 aliphatic carbocycles. The van der Waals surface area contributed by atoms with Gasteiger partial charge in [-0.1, -0.05) is 31.2 Å². The molecule has 0 saturated heterocycles. The maximum Gasteiger partial charge on any atom is 0.261 e. The molecule has 0 saturated carbocycles. The van der Waals surface area contributed by atoms with Gasteiger partial charge < -0.3 is 5.32 Å². The van der Waals surface area contributed by atoms with E-state index in [0.29, 0.717) is 10.6 Å². The van der Waals surface area contributed by atoms with Crippen LogP contribution in [0, 0.1) is 0 Å². The maximum absolute atomic E-state index is 12.5. The lowest BCUT2D eigenvalue weighted by molar-refractivity contribution is 0.601. The average Bonchev–Trinajstić information content (AvgIpc) is 2.95. The highest BCUT2D eigenvalue weighted by Crippen LogP contribution is 2.27. The molecule has 1 heterocycles. The number of nitrogens with one attached hydrogen (secondary N) is 2. The van der Waals surface area contributed by atoms with Crippen molar-refractivity contribution >= 4 is 21.4 Å². The monoisotopic (exact) mass is 302 g/mol. The third-order valence-corrected chi connectivity index (χ3v) is 5.11. The molecule has 0 unspecified atom stereocenters. The molecule has 3 rings (SSSR count). The zero-order valence-corrected chi connectivity index (χ0v) is 12.7. The first-order valence-electron chi connectivity index (χ1n) is 7.07. The largest absolute Gasteiger partial charge is 0.384 e. The molecular formula is C16H18N2O2S. The summed E-state index contributed by atoms with van der Waals surface area (Å²) in [5.74, 6) is 0. The first kappa shape index (κ1) is 13.9. The molecule has 0 spiro atoms. The van der Waals surface area contributed by atoms with Crippen molar-refractivity contribution < 1.29 is 8.42 Å². The van der Waals surface area contributed by atoms with Gasteiger partial charge in [0.25, 0.3) is 10.0 Å². The molecule has 1 aliphatic heterocycles. The Hall–Kier alpha value is -2.01. The zero-order chi connectivity index (χ0) is 14.9. The lowest BCUT2D eigenvalue weighted by Gasteiger charge is -2.12. The highest BCUT2D eigenvalue weighted by atomic mass is 32.2. The number of aryl methyl sites for hydroxylation is 1. The van der Waals surface area contributed by atoms with E-state index in [9.17, 15) is 8.42 Å². The first-order valence-corrected chi connectivity index (χ1v) is 8.56. The van der Waals surface area contributed by atoms with E-state index in [-0.39, 0.29) is 0 Å². The van der Waals surface area contributed by atoms with E-state index < -0.39 is 10.0 Å². The summed E-state index contributed by atoms with van der Waals surface area (Å²) in [5, 5.41) is 3.21. The number of anilines is 2. The summed E-state index contributed by atoms with van der Waals surface area (Å²) < 4.78 is 27.8. The zero-order valence-electron chi connectivity index (χ0n) is 11.9. The van der Waals surface area contributed by atoms with Crippen molar-refractivity contribution in [2.24, 2.45) is 0 Å². The Labute approximate surface area is 125 Å². The van der Waals surface area contributed by atoms with Gasteiger partial charge in [-0.15, -0.1) is 0 Å². The summed E-state index contributed by atoms with van der Waals surface area (Å²) in [4.78, 5) is 0.293. The molecule has 21 heavy (non-hydrogen) atoms. The summed E-state index contributed by atoms with van der Waals surface area (Å²) in [7, 11) is -3.56. The van der Waals surface area contributed by atoms with Gasteiger partial charge in [-0.2, -0.15) is 0 Å². The second-order valence-electron chi connectivity index (χ2n) is 5.11. The van der Waals surface area contributed by atoms with Crippen LogP contribution < -0.4 is 10.0 Å². The fourth-order valence-corrected chi connectivity index (χ4v) is 3.70. The van der Waals surface area contributed by atoms with Gasteiger partial charge in [0, 0.05) is 12.2 Å². The van der Waals surface area contributed by atoms with E-state index in [1.54, 1.807) is 18.2 Å². The van der Waals surface area contributed by atoms with E-state index in [1.807, 2.05) is 31.2 Å². The van der Waals surface area contributed by atoms with Crippen LogP contribution in [0.4, 0.5) is 11.4 Å². The Balaban J connectivity index is 1.94. The van der Waals surface area contributed by atoms with Crippen LogP contribution in [0.1, 0.15) is 18.1 Å². The molecule has 2 aromatic carbocycles. The maximum atomic E-state index is 12.5. The quantitative estimate of drug-likeness (QED) is 0.912. The van der Waals surface area contributed by atoms with E-state index in [2.05, 4.69) is 10.0 Å². The smallest absolute Gasteiger partial charge is 0.261 e. The van der Waals surface area contributed by atoms with Crippen molar-refractivity contribution in [2.45, 2.75) is 24.7 Å². The van der Waals surface area contributed by atoms with Gasteiger partial charge >= 0.3 is 0 Å². The Morgan fingerprint density at radius 3 is 2.81 bits per heavy atom. The predicted molar refractivity (Wildman–Crippen MR) is 85.3 cm³/mol. The molecule has 2 aromatic rings. The van der Waals surface area contributed by atoms with Gasteiger partial charge in [0.1, 0.15) is 0 Å². The van der Waals surface area contributed by atoms with Crippen LogP contribution in [-0.2, 0) is 22.9 Å². The van der Waals surface area contributed by atoms with Crippen molar-refractivity contribution in [1.82, 2.24) is 0 Å². The van der Waals surface area contributed by atoms with Gasteiger partial charge in [-0.05, 0) is 42.2 Å². The highest BCUT2D eigenvalue weighted by molar-refractivity contribution is 7.92. The van der Waals surface area contributed by atoms with Crippen LogP contribution in [0.3, 0.4) is 0 Å². The van der Waals surface area contributed by atoms with E-state index >= 15 is 0 Å². The molecule has 110 valence electrons. The molecule has 0 atom stereocenters. The van der Waals surface area contributed by atoms with Crippen LogP contribution in [0.15, 0.2) is 47.4 Å². The van der Waals surface area contributed by atoms with Gasteiger partial charge in [-0.25, -0.2) is 8.42 Å². The van der Waals surface area contributed by atoms with Crippen LogP contribution in [-0.4, -0.2) is 15.0 Å². The molecule has 0 bridgehead atoms. The SMILES string of the molecule is CCc1ccccc1NS(=O)(=O)c1ccc2c(c1)NCC2. The van der Waals surface area contributed by atoms with Crippen LogP contribution in [0.5, 0.6) is 0 Å². The van der Waals surface area contributed by atoms with Crippen LogP contribution in [0.2, 0.25) is 0 Å². The summed E-state index contributed by atoms with van der Waals surface area (Å²) in [6.07, 6.45) is 1.73. The summed E-state index contributed by atoms with van der Waals surface area (Å²) in [6, 6.07) is 12.7. The Morgan fingerprint density at radius 1 is 1.19 bits per heavy atom. The fraction of sp³-hybridized carbons (Fsp3) is 0.250. The number of hydrogen-bond acceptors (Lipinski definition) is 3. The van der Waals surface area contributed by atoms with E-state index in [0.717, 1.165) is 30.6 Å². The normalized spacial score (nSPS) is 13.6. The van der Waals surface area contributed by atoms with Crippen molar-refractivity contribution in [3.05, 3.63) is 53.6 Å². The second kappa shape index (κ2) is 5.41. The molecule has 4 nitrogen and oxygen atoms in total. The van der Waals surface area contributed by atoms with E-state index in [4.69, 9.17) is 0 Å². The molecule has 2 N–H and O–H groups in total. The molecule has 0 amide bonds. The van der Waals surface area contributed by atoms with Gasteiger partial charge in [-0.3, -0.25) is 4.72 Å². The summed E-state index contributed by atoms with van der Waals surface area (Å²) >= 11 is 0. The standard InChI is InChI=1S/C16H18N2O2S/c1-2-12-5-3-4-6-15(12)18-21(19,20)14-8-7-13-9-10-17-16(13)11-14/h3-8,11,17-18H,2,9-10H2,1H3. The Bertz CT molecular complexity index is 770. The summed E-state index contributed by atoms with van der Waals surface area (Å²) in [6.45, 7) is 2.87. The van der Waals surface area contributed by atoms with Gasteiger partial charge in [0.05, 0.1) is 10.6 Å². The summed E-state index contributed by atoms with van der Waals surface area (Å²) in [5.41, 5.74) is 3.72. The highest BCUT2D eigenvalue weighted by Gasteiger charge is 2.19. The van der Waals surface area contributed by atoms with Crippen LogP contribution in [0.25, 0.3) is 0 Å². The number of fused-ring (bicyclic) bond motifs is 1. The van der Waals surface area contributed by atoms with Crippen molar-refractivity contribution in [2.75, 3.05) is 16.6 Å².